The summed E-state index contributed by atoms with van der Waals surface area (Å²) >= 11 is 3.43. The standard InChI is InChI=1S/C10H9BrN6O2/c11-7-2-9-8(18-5-19-9)1-6(7)3-13-15-10-16-14-4-17(10)12/h1-4H,5,12H2,(H,15,16)/b13-3+. The SMILES string of the molecule is Nn1cnnc1N/N=C/c1cc2c(cc1Br)OCO2. The Morgan fingerprint density at radius 1 is 1.42 bits per heavy atom. The number of ether oxygens (including phenoxy) is 2. The summed E-state index contributed by atoms with van der Waals surface area (Å²) in [5.41, 5.74) is 3.51. The first-order chi connectivity index (χ1) is 9.24. The first-order valence-electron chi connectivity index (χ1n) is 5.27. The second-order valence-corrected chi connectivity index (χ2v) is 4.51. The average molecular weight is 325 g/mol. The normalized spacial score (nSPS) is 13.1. The van der Waals surface area contributed by atoms with Gasteiger partial charge in [0.2, 0.25) is 6.79 Å². The molecule has 2 heterocycles. The van der Waals surface area contributed by atoms with Crippen LogP contribution in [-0.2, 0) is 0 Å². The second kappa shape index (κ2) is 4.76. The third kappa shape index (κ3) is 2.32. The van der Waals surface area contributed by atoms with E-state index in [1.165, 1.54) is 11.0 Å². The highest BCUT2D eigenvalue weighted by Gasteiger charge is 2.15. The molecule has 0 radical (unpaired) electrons. The maximum atomic E-state index is 5.53. The fourth-order valence-corrected chi connectivity index (χ4v) is 1.94. The van der Waals surface area contributed by atoms with Crippen LogP contribution < -0.4 is 20.7 Å². The van der Waals surface area contributed by atoms with Gasteiger partial charge < -0.3 is 15.3 Å². The number of hydrazone groups is 1. The fraction of sp³-hybridized carbons (Fsp3) is 0.100. The van der Waals surface area contributed by atoms with E-state index in [9.17, 15) is 0 Å². The average Bonchev–Trinajstić information content (AvgIpc) is 2.99. The number of halogens is 1. The Labute approximate surface area is 116 Å². The molecule has 0 saturated carbocycles. The topological polar surface area (TPSA) is 99.6 Å². The lowest BCUT2D eigenvalue weighted by Gasteiger charge is -2.02. The van der Waals surface area contributed by atoms with Gasteiger partial charge in [0.25, 0.3) is 5.95 Å². The lowest BCUT2D eigenvalue weighted by atomic mass is 10.2. The van der Waals surface area contributed by atoms with Crippen LogP contribution >= 0.6 is 15.9 Å². The van der Waals surface area contributed by atoms with E-state index >= 15 is 0 Å². The van der Waals surface area contributed by atoms with Gasteiger partial charge >= 0.3 is 0 Å². The van der Waals surface area contributed by atoms with Crippen LogP contribution in [0.5, 0.6) is 11.5 Å². The van der Waals surface area contributed by atoms with Gasteiger partial charge in [-0.15, -0.1) is 10.2 Å². The highest BCUT2D eigenvalue weighted by atomic mass is 79.9. The van der Waals surface area contributed by atoms with E-state index in [4.69, 9.17) is 15.3 Å². The van der Waals surface area contributed by atoms with Crippen LogP contribution in [-0.4, -0.2) is 27.9 Å². The number of nitrogen functional groups attached to an aromatic ring is 1. The zero-order valence-electron chi connectivity index (χ0n) is 9.58. The number of rotatable bonds is 3. The van der Waals surface area contributed by atoms with Crippen molar-refractivity contribution < 1.29 is 9.47 Å². The summed E-state index contributed by atoms with van der Waals surface area (Å²) in [6.45, 7) is 0.233. The zero-order chi connectivity index (χ0) is 13.2. The molecule has 2 aromatic rings. The molecule has 0 aliphatic carbocycles. The summed E-state index contributed by atoms with van der Waals surface area (Å²) in [7, 11) is 0. The molecular weight excluding hydrogens is 316 g/mol. The largest absolute Gasteiger partial charge is 0.454 e. The van der Waals surface area contributed by atoms with E-state index in [1.54, 1.807) is 6.21 Å². The third-order valence-electron chi connectivity index (χ3n) is 2.43. The van der Waals surface area contributed by atoms with E-state index in [0.29, 0.717) is 17.4 Å². The van der Waals surface area contributed by atoms with Gasteiger partial charge in [-0.2, -0.15) is 5.10 Å². The van der Waals surface area contributed by atoms with Crippen LogP contribution in [0, 0.1) is 0 Å². The Kier molecular flexibility index (Phi) is 2.95. The maximum Gasteiger partial charge on any atom is 0.263 e. The minimum absolute atomic E-state index is 0.233. The Hall–Kier alpha value is -2.29. The number of aromatic nitrogens is 3. The highest BCUT2D eigenvalue weighted by molar-refractivity contribution is 9.10. The van der Waals surface area contributed by atoms with Gasteiger partial charge in [0.1, 0.15) is 6.33 Å². The predicted octanol–water partition coefficient (Wildman–Crippen LogP) is 0.929. The van der Waals surface area contributed by atoms with Crippen LogP contribution in [0.1, 0.15) is 5.56 Å². The van der Waals surface area contributed by atoms with Gasteiger partial charge in [-0.1, -0.05) is 0 Å². The lowest BCUT2D eigenvalue weighted by Crippen LogP contribution is -2.10. The molecule has 1 aromatic carbocycles. The van der Waals surface area contributed by atoms with Crippen molar-refractivity contribution in [2.45, 2.75) is 0 Å². The van der Waals surface area contributed by atoms with E-state index in [-0.39, 0.29) is 6.79 Å². The van der Waals surface area contributed by atoms with Crippen molar-refractivity contribution in [3.8, 4) is 11.5 Å². The maximum absolute atomic E-state index is 5.53. The lowest BCUT2D eigenvalue weighted by molar-refractivity contribution is 0.174. The van der Waals surface area contributed by atoms with E-state index in [0.717, 1.165) is 10.0 Å². The molecule has 0 bridgehead atoms. The van der Waals surface area contributed by atoms with Crippen LogP contribution in [0.2, 0.25) is 0 Å². The van der Waals surface area contributed by atoms with Crippen LogP contribution in [0.25, 0.3) is 0 Å². The molecule has 0 unspecified atom stereocenters. The minimum Gasteiger partial charge on any atom is -0.454 e. The van der Waals surface area contributed by atoms with Gasteiger partial charge in [-0.05, 0) is 28.1 Å². The third-order valence-corrected chi connectivity index (χ3v) is 3.12. The van der Waals surface area contributed by atoms with Crippen molar-refractivity contribution in [2.24, 2.45) is 5.10 Å². The molecule has 0 atom stereocenters. The monoisotopic (exact) mass is 324 g/mol. The molecule has 0 saturated heterocycles. The van der Waals surface area contributed by atoms with E-state index in [2.05, 4.69) is 36.7 Å². The molecule has 9 heteroatoms. The molecule has 0 amide bonds. The molecule has 0 spiro atoms. The molecular formula is C10H9BrN6O2. The summed E-state index contributed by atoms with van der Waals surface area (Å²) in [4.78, 5) is 0. The van der Waals surface area contributed by atoms with Gasteiger partial charge in [0.15, 0.2) is 11.5 Å². The summed E-state index contributed by atoms with van der Waals surface area (Å²) in [6.07, 6.45) is 2.98. The summed E-state index contributed by atoms with van der Waals surface area (Å²) in [5, 5.41) is 11.4. The minimum atomic E-state index is 0.233. The fourth-order valence-electron chi connectivity index (χ4n) is 1.51. The number of benzene rings is 1. The number of hydrogen-bond acceptors (Lipinski definition) is 7. The molecule has 1 aliphatic rings. The van der Waals surface area contributed by atoms with Crippen LogP contribution in [0.15, 0.2) is 28.0 Å². The smallest absolute Gasteiger partial charge is 0.263 e. The number of anilines is 1. The molecule has 1 aromatic heterocycles. The first kappa shape index (κ1) is 11.8. The van der Waals surface area contributed by atoms with E-state index in [1.807, 2.05) is 12.1 Å². The Bertz CT molecular complexity index is 641. The van der Waals surface area contributed by atoms with Crippen molar-refractivity contribution in [1.29, 1.82) is 0 Å². The van der Waals surface area contributed by atoms with Gasteiger partial charge in [0, 0.05) is 10.0 Å². The van der Waals surface area contributed by atoms with E-state index < -0.39 is 0 Å². The number of nitrogens with zero attached hydrogens (tertiary/aromatic N) is 4. The summed E-state index contributed by atoms with van der Waals surface area (Å²) in [6, 6.07) is 3.65. The first-order valence-corrected chi connectivity index (χ1v) is 6.06. The molecule has 3 N–H and O–H groups in total. The van der Waals surface area contributed by atoms with Crippen molar-refractivity contribution in [3.63, 3.8) is 0 Å². The summed E-state index contributed by atoms with van der Waals surface area (Å²) in [5.74, 6) is 7.27. The van der Waals surface area contributed by atoms with Crippen molar-refractivity contribution >= 4 is 28.1 Å². The van der Waals surface area contributed by atoms with Gasteiger partial charge in [-0.25, -0.2) is 10.1 Å². The number of fused-ring (bicyclic) bond motifs is 1. The Balaban J connectivity index is 1.78. The zero-order valence-corrected chi connectivity index (χ0v) is 11.2. The second-order valence-electron chi connectivity index (χ2n) is 3.66. The number of nitrogens with two attached hydrogens (primary N) is 1. The van der Waals surface area contributed by atoms with Gasteiger partial charge in [-0.3, -0.25) is 0 Å². The van der Waals surface area contributed by atoms with Crippen LogP contribution in [0.4, 0.5) is 5.95 Å². The van der Waals surface area contributed by atoms with Crippen molar-refractivity contribution in [2.75, 3.05) is 18.1 Å². The molecule has 3 rings (SSSR count). The molecule has 1 aliphatic heterocycles. The molecule has 19 heavy (non-hydrogen) atoms. The quantitative estimate of drug-likeness (QED) is 0.495. The van der Waals surface area contributed by atoms with Crippen molar-refractivity contribution in [3.05, 3.63) is 28.5 Å². The van der Waals surface area contributed by atoms with Crippen molar-refractivity contribution in [1.82, 2.24) is 14.9 Å². The van der Waals surface area contributed by atoms with Gasteiger partial charge in [0.05, 0.1) is 6.21 Å². The summed E-state index contributed by atoms with van der Waals surface area (Å²) < 4.78 is 12.6. The molecule has 98 valence electrons. The Morgan fingerprint density at radius 3 is 2.95 bits per heavy atom. The Morgan fingerprint density at radius 2 is 2.21 bits per heavy atom. The molecule has 0 fully saturated rings. The number of nitrogens with one attached hydrogen (secondary N) is 1. The number of hydrogen-bond donors (Lipinski definition) is 2. The highest BCUT2D eigenvalue weighted by Crippen LogP contribution is 2.36. The van der Waals surface area contributed by atoms with Crippen LogP contribution in [0.3, 0.4) is 0 Å². The predicted molar refractivity (Wildman–Crippen MR) is 71.7 cm³/mol. The molecule has 8 nitrogen and oxygen atoms in total.